The molecule has 1 saturated heterocycles. The summed E-state index contributed by atoms with van der Waals surface area (Å²) in [6.45, 7) is 4.43. The van der Waals surface area contributed by atoms with E-state index < -0.39 is 0 Å². The number of ether oxygens (including phenoxy) is 1. The van der Waals surface area contributed by atoms with Crippen molar-refractivity contribution >= 4 is 0 Å². The number of morpholine rings is 1. The Morgan fingerprint density at radius 3 is 3.22 bits per heavy atom. The SMILES string of the molecule is CN1CCOC(CNCc2cccc(C#N)c2)C1. The summed E-state index contributed by atoms with van der Waals surface area (Å²) in [5.74, 6) is 0. The minimum Gasteiger partial charge on any atom is -0.374 e. The highest BCUT2D eigenvalue weighted by Crippen LogP contribution is 2.05. The molecule has 0 aromatic heterocycles. The summed E-state index contributed by atoms with van der Waals surface area (Å²) in [5, 5.41) is 12.2. The number of hydrogen-bond acceptors (Lipinski definition) is 4. The Hall–Kier alpha value is -1.41. The Balaban J connectivity index is 1.76. The molecule has 96 valence electrons. The smallest absolute Gasteiger partial charge is 0.0991 e. The second kappa shape index (κ2) is 6.50. The van der Waals surface area contributed by atoms with Gasteiger partial charge < -0.3 is 15.0 Å². The Labute approximate surface area is 108 Å². The van der Waals surface area contributed by atoms with Gasteiger partial charge in [0.25, 0.3) is 0 Å². The third-order valence-electron chi connectivity index (χ3n) is 3.10. The predicted octanol–water partition coefficient (Wildman–Crippen LogP) is 0.978. The third-order valence-corrected chi connectivity index (χ3v) is 3.10. The van der Waals surface area contributed by atoms with Crippen LogP contribution in [0.25, 0.3) is 0 Å². The average molecular weight is 245 g/mol. The maximum absolute atomic E-state index is 8.82. The van der Waals surface area contributed by atoms with Crippen LogP contribution in [0.2, 0.25) is 0 Å². The van der Waals surface area contributed by atoms with Crippen LogP contribution in [0.5, 0.6) is 0 Å². The van der Waals surface area contributed by atoms with Crippen molar-refractivity contribution in [3.63, 3.8) is 0 Å². The molecule has 0 aliphatic carbocycles. The molecule has 4 nitrogen and oxygen atoms in total. The van der Waals surface area contributed by atoms with Crippen molar-refractivity contribution < 1.29 is 4.74 Å². The van der Waals surface area contributed by atoms with Crippen molar-refractivity contribution in [2.45, 2.75) is 12.6 Å². The molecule has 0 radical (unpaired) electrons. The van der Waals surface area contributed by atoms with Crippen LogP contribution in [-0.2, 0) is 11.3 Å². The van der Waals surface area contributed by atoms with Crippen LogP contribution in [0, 0.1) is 11.3 Å². The standard InChI is InChI=1S/C14H19N3O/c1-17-5-6-18-14(11-17)10-16-9-13-4-2-3-12(7-13)8-15/h2-4,7,14,16H,5-6,9-11H2,1H3. The van der Waals surface area contributed by atoms with E-state index in [1.54, 1.807) is 0 Å². The summed E-state index contributed by atoms with van der Waals surface area (Å²) < 4.78 is 5.67. The molecule has 1 aromatic carbocycles. The first-order valence-corrected chi connectivity index (χ1v) is 6.28. The quantitative estimate of drug-likeness (QED) is 0.859. The molecule has 0 spiro atoms. The number of hydrogen-bond donors (Lipinski definition) is 1. The molecule has 4 heteroatoms. The first-order chi connectivity index (χ1) is 8.78. The predicted molar refractivity (Wildman–Crippen MR) is 70.1 cm³/mol. The zero-order valence-electron chi connectivity index (χ0n) is 10.7. The second-order valence-corrected chi connectivity index (χ2v) is 4.70. The average Bonchev–Trinajstić information content (AvgIpc) is 2.39. The van der Waals surface area contributed by atoms with Crippen molar-refractivity contribution in [3.05, 3.63) is 35.4 Å². The van der Waals surface area contributed by atoms with Gasteiger partial charge in [-0.15, -0.1) is 0 Å². The van der Waals surface area contributed by atoms with Gasteiger partial charge in [-0.05, 0) is 24.7 Å². The van der Waals surface area contributed by atoms with Crippen molar-refractivity contribution in [1.29, 1.82) is 5.26 Å². The Kier molecular flexibility index (Phi) is 4.71. The van der Waals surface area contributed by atoms with E-state index in [1.807, 2.05) is 24.3 Å². The number of benzene rings is 1. The highest BCUT2D eigenvalue weighted by atomic mass is 16.5. The second-order valence-electron chi connectivity index (χ2n) is 4.70. The first kappa shape index (κ1) is 13.0. The normalized spacial score (nSPS) is 20.6. The summed E-state index contributed by atoms with van der Waals surface area (Å²) in [5.41, 5.74) is 1.85. The van der Waals surface area contributed by atoms with Crippen LogP contribution in [0.1, 0.15) is 11.1 Å². The number of nitrogens with one attached hydrogen (secondary N) is 1. The molecule has 0 saturated carbocycles. The maximum atomic E-state index is 8.82. The van der Waals surface area contributed by atoms with E-state index in [0.717, 1.165) is 38.3 Å². The van der Waals surface area contributed by atoms with Gasteiger partial charge in [-0.2, -0.15) is 5.26 Å². The van der Waals surface area contributed by atoms with Crippen molar-refractivity contribution in [3.8, 4) is 6.07 Å². The van der Waals surface area contributed by atoms with E-state index in [1.165, 1.54) is 0 Å². The van der Waals surface area contributed by atoms with E-state index in [4.69, 9.17) is 10.00 Å². The summed E-state index contributed by atoms with van der Waals surface area (Å²) in [4.78, 5) is 2.28. The third kappa shape index (κ3) is 3.81. The van der Waals surface area contributed by atoms with Crippen LogP contribution in [0.4, 0.5) is 0 Å². The topological polar surface area (TPSA) is 48.3 Å². The van der Waals surface area contributed by atoms with Crippen LogP contribution < -0.4 is 5.32 Å². The zero-order valence-corrected chi connectivity index (χ0v) is 10.7. The van der Waals surface area contributed by atoms with Gasteiger partial charge in [-0.25, -0.2) is 0 Å². The molecule has 1 unspecified atom stereocenters. The van der Waals surface area contributed by atoms with E-state index in [2.05, 4.69) is 23.3 Å². The number of rotatable bonds is 4. The Bertz CT molecular complexity index is 427. The van der Waals surface area contributed by atoms with Gasteiger partial charge in [0.2, 0.25) is 0 Å². The number of nitriles is 1. The molecule has 1 aliphatic heterocycles. The number of likely N-dealkylation sites (N-methyl/N-ethyl adjacent to an activating group) is 1. The lowest BCUT2D eigenvalue weighted by atomic mass is 10.1. The highest BCUT2D eigenvalue weighted by Gasteiger charge is 2.16. The van der Waals surface area contributed by atoms with Crippen LogP contribution in [0.15, 0.2) is 24.3 Å². The van der Waals surface area contributed by atoms with Crippen LogP contribution in [-0.4, -0.2) is 44.3 Å². The monoisotopic (exact) mass is 245 g/mol. The molecule has 18 heavy (non-hydrogen) atoms. The minimum atomic E-state index is 0.267. The number of nitrogens with zero attached hydrogens (tertiary/aromatic N) is 2. The summed E-state index contributed by atoms with van der Waals surface area (Å²) in [6.07, 6.45) is 0.267. The Morgan fingerprint density at radius 1 is 1.56 bits per heavy atom. The minimum absolute atomic E-state index is 0.267. The largest absolute Gasteiger partial charge is 0.374 e. The fourth-order valence-corrected chi connectivity index (χ4v) is 2.12. The van der Waals surface area contributed by atoms with Crippen molar-refractivity contribution in [1.82, 2.24) is 10.2 Å². The fourth-order valence-electron chi connectivity index (χ4n) is 2.12. The van der Waals surface area contributed by atoms with Gasteiger partial charge in [0.15, 0.2) is 0 Å². The summed E-state index contributed by atoms with van der Waals surface area (Å²) in [6, 6.07) is 9.84. The maximum Gasteiger partial charge on any atom is 0.0991 e. The fraction of sp³-hybridized carbons (Fsp3) is 0.500. The molecular formula is C14H19N3O. The molecule has 0 amide bonds. The lowest BCUT2D eigenvalue weighted by molar-refractivity contribution is -0.0182. The molecule has 2 rings (SSSR count). The van der Waals surface area contributed by atoms with Gasteiger partial charge in [0.05, 0.1) is 24.3 Å². The van der Waals surface area contributed by atoms with E-state index in [-0.39, 0.29) is 6.10 Å². The van der Waals surface area contributed by atoms with Gasteiger partial charge in [0, 0.05) is 26.2 Å². The van der Waals surface area contributed by atoms with Gasteiger partial charge >= 0.3 is 0 Å². The van der Waals surface area contributed by atoms with Crippen LogP contribution >= 0.6 is 0 Å². The zero-order chi connectivity index (χ0) is 12.8. The molecule has 1 aliphatic rings. The van der Waals surface area contributed by atoms with Crippen molar-refractivity contribution in [2.75, 3.05) is 33.3 Å². The van der Waals surface area contributed by atoms with Crippen molar-refractivity contribution in [2.24, 2.45) is 0 Å². The molecule has 1 aromatic rings. The van der Waals surface area contributed by atoms with Gasteiger partial charge in [-0.1, -0.05) is 12.1 Å². The molecule has 0 bridgehead atoms. The molecule has 1 atom stereocenters. The lowest BCUT2D eigenvalue weighted by Gasteiger charge is -2.30. The van der Waals surface area contributed by atoms with E-state index in [0.29, 0.717) is 5.56 Å². The highest BCUT2D eigenvalue weighted by molar-refractivity contribution is 5.32. The van der Waals surface area contributed by atoms with Gasteiger partial charge in [-0.3, -0.25) is 0 Å². The van der Waals surface area contributed by atoms with E-state index in [9.17, 15) is 0 Å². The lowest BCUT2D eigenvalue weighted by Crippen LogP contribution is -2.44. The van der Waals surface area contributed by atoms with E-state index >= 15 is 0 Å². The molecule has 1 fully saturated rings. The molecular weight excluding hydrogens is 226 g/mol. The summed E-state index contributed by atoms with van der Waals surface area (Å²) in [7, 11) is 2.12. The Morgan fingerprint density at radius 2 is 2.44 bits per heavy atom. The molecule has 1 heterocycles. The van der Waals surface area contributed by atoms with Gasteiger partial charge in [0.1, 0.15) is 0 Å². The van der Waals surface area contributed by atoms with Crippen LogP contribution in [0.3, 0.4) is 0 Å². The summed E-state index contributed by atoms with van der Waals surface area (Å²) >= 11 is 0. The first-order valence-electron chi connectivity index (χ1n) is 6.28. The molecule has 1 N–H and O–H groups in total.